The van der Waals surface area contributed by atoms with E-state index >= 15 is 0 Å². The van der Waals surface area contributed by atoms with E-state index in [1.165, 1.54) is 12.8 Å². The minimum Gasteiger partial charge on any atom is -0.490 e. The Morgan fingerprint density at radius 1 is 1.29 bits per heavy atom. The molecule has 1 aromatic rings. The number of para-hydroxylation sites is 1. The first kappa shape index (κ1) is 11.7. The number of aliphatic carboxylic acids is 1. The predicted octanol–water partition coefficient (Wildman–Crippen LogP) is 3.11. The summed E-state index contributed by atoms with van der Waals surface area (Å²) in [5.74, 6) is -0.169. The van der Waals surface area contributed by atoms with Gasteiger partial charge in [0.25, 0.3) is 0 Å². The Hall–Kier alpha value is -1.77. The van der Waals surface area contributed by atoms with Crippen LogP contribution in [0.25, 0.3) is 6.08 Å². The predicted molar refractivity (Wildman–Crippen MR) is 66.0 cm³/mol. The molecule has 3 heteroatoms. The fraction of sp³-hybridized carbons (Fsp3) is 0.357. The molecule has 0 aliphatic heterocycles. The number of rotatable bonds is 4. The Morgan fingerprint density at radius 2 is 2.00 bits per heavy atom. The maximum atomic E-state index is 10.5. The van der Waals surface area contributed by atoms with Crippen LogP contribution in [0.3, 0.4) is 0 Å². The molecule has 1 aliphatic carbocycles. The monoisotopic (exact) mass is 232 g/mol. The molecule has 1 aromatic carbocycles. The molecule has 0 radical (unpaired) electrons. The summed E-state index contributed by atoms with van der Waals surface area (Å²) in [7, 11) is 0. The molecule has 3 nitrogen and oxygen atoms in total. The Labute approximate surface area is 101 Å². The van der Waals surface area contributed by atoms with Gasteiger partial charge in [0.2, 0.25) is 0 Å². The van der Waals surface area contributed by atoms with Crippen molar-refractivity contribution in [3.05, 3.63) is 35.9 Å². The van der Waals surface area contributed by atoms with Gasteiger partial charge in [-0.2, -0.15) is 0 Å². The Morgan fingerprint density at radius 3 is 2.71 bits per heavy atom. The lowest BCUT2D eigenvalue weighted by molar-refractivity contribution is -0.131. The molecule has 0 bridgehead atoms. The van der Waals surface area contributed by atoms with E-state index < -0.39 is 5.97 Å². The van der Waals surface area contributed by atoms with Gasteiger partial charge in [-0.25, -0.2) is 4.79 Å². The summed E-state index contributed by atoms with van der Waals surface area (Å²) in [5.41, 5.74) is 0.821. The van der Waals surface area contributed by atoms with Crippen molar-refractivity contribution in [3.8, 4) is 5.75 Å². The molecular formula is C14H16O3. The van der Waals surface area contributed by atoms with Crippen LogP contribution in [0.5, 0.6) is 5.75 Å². The van der Waals surface area contributed by atoms with Crippen molar-refractivity contribution >= 4 is 12.0 Å². The molecule has 2 rings (SSSR count). The maximum absolute atomic E-state index is 10.5. The summed E-state index contributed by atoms with van der Waals surface area (Å²) in [6.45, 7) is 0. The smallest absolute Gasteiger partial charge is 0.328 e. The van der Waals surface area contributed by atoms with Crippen LogP contribution in [0, 0.1) is 0 Å². The van der Waals surface area contributed by atoms with Crippen LogP contribution in [-0.2, 0) is 4.79 Å². The number of benzene rings is 1. The number of ether oxygens (including phenoxy) is 1. The van der Waals surface area contributed by atoms with Crippen LogP contribution in [-0.4, -0.2) is 17.2 Å². The zero-order valence-corrected chi connectivity index (χ0v) is 9.63. The lowest BCUT2D eigenvalue weighted by Crippen LogP contribution is -2.11. The van der Waals surface area contributed by atoms with E-state index in [1.807, 2.05) is 24.3 Å². The van der Waals surface area contributed by atoms with Crippen molar-refractivity contribution in [2.45, 2.75) is 31.8 Å². The van der Waals surface area contributed by atoms with Gasteiger partial charge in [0.05, 0.1) is 6.10 Å². The normalized spacial score (nSPS) is 16.5. The molecule has 17 heavy (non-hydrogen) atoms. The van der Waals surface area contributed by atoms with Gasteiger partial charge < -0.3 is 9.84 Å². The van der Waals surface area contributed by atoms with E-state index in [9.17, 15) is 4.79 Å². The summed E-state index contributed by atoms with van der Waals surface area (Å²) in [6, 6.07) is 7.54. The molecule has 0 amide bonds. The first-order chi connectivity index (χ1) is 8.25. The quantitative estimate of drug-likeness (QED) is 0.811. The van der Waals surface area contributed by atoms with E-state index in [2.05, 4.69) is 0 Å². The molecule has 0 atom stereocenters. The van der Waals surface area contributed by atoms with Crippen molar-refractivity contribution < 1.29 is 14.6 Å². The summed E-state index contributed by atoms with van der Waals surface area (Å²) in [6.07, 6.45) is 7.63. The largest absolute Gasteiger partial charge is 0.490 e. The van der Waals surface area contributed by atoms with Gasteiger partial charge >= 0.3 is 5.97 Å². The van der Waals surface area contributed by atoms with Gasteiger partial charge in [-0.1, -0.05) is 18.2 Å². The van der Waals surface area contributed by atoms with E-state index in [1.54, 1.807) is 6.08 Å². The minimum atomic E-state index is -0.944. The maximum Gasteiger partial charge on any atom is 0.328 e. The number of hydrogen-bond acceptors (Lipinski definition) is 2. The van der Waals surface area contributed by atoms with Gasteiger partial charge in [-0.05, 0) is 37.8 Å². The van der Waals surface area contributed by atoms with Crippen molar-refractivity contribution in [2.24, 2.45) is 0 Å². The van der Waals surface area contributed by atoms with Crippen LogP contribution in [0.15, 0.2) is 30.3 Å². The number of carboxylic acid groups (broad SMARTS) is 1. The highest BCUT2D eigenvalue weighted by Gasteiger charge is 2.17. The standard InChI is InChI=1S/C14H16O3/c15-14(16)10-9-11-5-1-4-8-13(11)17-12-6-2-3-7-12/h1,4-5,8-10,12H,2-3,6-7H2,(H,15,16)/b10-9+. The third-order valence-corrected chi connectivity index (χ3v) is 2.92. The van der Waals surface area contributed by atoms with E-state index in [0.717, 1.165) is 30.2 Å². The Bertz CT molecular complexity index is 417. The Balaban J connectivity index is 2.12. The fourth-order valence-corrected chi connectivity index (χ4v) is 2.07. The van der Waals surface area contributed by atoms with Crippen LogP contribution >= 0.6 is 0 Å². The molecule has 0 spiro atoms. The molecule has 1 fully saturated rings. The van der Waals surface area contributed by atoms with Crippen LogP contribution < -0.4 is 4.74 Å². The van der Waals surface area contributed by atoms with Gasteiger partial charge in [0.15, 0.2) is 0 Å². The lowest BCUT2D eigenvalue weighted by atomic mass is 10.2. The molecule has 0 unspecified atom stereocenters. The van der Waals surface area contributed by atoms with Crippen LogP contribution in [0.2, 0.25) is 0 Å². The number of hydrogen-bond donors (Lipinski definition) is 1. The minimum absolute atomic E-state index is 0.286. The topological polar surface area (TPSA) is 46.5 Å². The van der Waals surface area contributed by atoms with Crippen LogP contribution in [0.4, 0.5) is 0 Å². The van der Waals surface area contributed by atoms with E-state index in [0.29, 0.717) is 0 Å². The van der Waals surface area contributed by atoms with Crippen molar-refractivity contribution in [2.75, 3.05) is 0 Å². The van der Waals surface area contributed by atoms with Gasteiger partial charge in [-0.3, -0.25) is 0 Å². The second-order valence-electron chi connectivity index (χ2n) is 4.23. The molecule has 90 valence electrons. The van der Waals surface area contributed by atoms with E-state index in [4.69, 9.17) is 9.84 Å². The highest BCUT2D eigenvalue weighted by atomic mass is 16.5. The molecule has 0 heterocycles. The molecule has 0 aromatic heterocycles. The summed E-state index contributed by atoms with van der Waals surface area (Å²) < 4.78 is 5.89. The summed E-state index contributed by atoms with van der Waals surface area (Å²) in [5, 5.41) is 8.62. The fourth-order valence-electron chi connectivity index (χ4n) is 2.07. The van der Waals surface area contributed by atoms with Gasteiger partial charge in [0.1, 0.15) is 5.75 Å². The average Bonchev–Trinajstić information content (AvgIpc) is 2.80. The summed E-state index contributed by atoms with van der Waals surface area (Å²) >= 11 is 0. The highest BCUT2D eigenvalue weighted by molar-refractivity contribution is 5.85. The van der Waals surface area contributed by atoms with Crippen LogP contribution in [0.1, 0.15) is 31.2 Å². The zero-order valence-electron chi connectivity index (χ0n) is 9.63. The molecule has 0 saturated heterocycles. The number of carbonyl (C=O) groups is 1. The third kappa shape index (κ3) is 3.34. The first-order valence-electron chi connectivity index (χ1n) is 5.92. The second kappa shape index (κ2) is 5.53. The average molecular weight is 232 g/mol. The zero-order chi connectivity index (χ0) is 12.1. The van der Waals surface area contributed by atoms with Crippen molar-refractivity contribution in [1.82, 2.24) is 0 Å². The Kier molecular flexibility index (Phi) is 3.81. The first-order valence-corrected chi connectivity index (χ1v) is 5.92. The second-order valence-corrected chi connectivity index (χ2v) is 4.23. The van der Waals surface area contributed by atoms with Crippen molar-refractivity contribution in [1.29, 1.82) is 0 Å². The molecule has 1 aliphatic rings. The van der Waals surface area contributed by atoms with E-state index in [-0.39, 0.29) is 6.10 Å². The highest BCUT2D eigenvalue weighted by Crippen LogP contribution is 2.27. The molecule has 1 N–H and O–H groups in total. The number of carboxylic acids is 1. The van der Waals surface area contributed by atoms with Gasteiger partial charge in [0, 0.05) is 11.6 Å². The third-order valence-electron chi connectivity index (χ3n) is 2.92. The van der Waals surface area contributed by atoms with Crippen molar-refractivity contribution in [3.63, 3.8) is 0 Å². The lowest BCUT2D eigenvalue weighted by Gasteiger charge is -2.14. The molecule has 1 saturated carbocycles. The van der Waals surface area contributed by atoms with Gasteiger partial charge in [-0.15, -0.1) is 0 Å². The summed E-state index contributed by atoms with van der Waals surface area (Å²) in [4.78, 5) is 10.5. The SMILES string of the molecule is O=C(O)/C=C/c1ccccc1OC1CCCC1. The molecular weight excluding hydrogens is 216 g/mol.